The number of pyridine rings is 1. The van der Waals surface area contributed by atoms with Crippen LogP contribution in [0.5, 0.6) is 0 Å². The minimum Gasteiger partial charge on any atom is -0.378 e. The molecule has 7 heteroatoms. The van der Waals surface area contributed by atoms with Crippen LogP contribution in [0.1, 0.15) is 38.2 Å². The molecule has 2 aliphatic heterocycles. The van der Waals surface area contributed by atoms with Gasteiger partial charge in [0.05, 0.1) is 13.2 Å². The third kappa shape index (κ3) is 4.35. The van der Waals surface area contributed by atoms with E-state index >= 15 is 0 Å². The smallest absolute Gasteiger partial charge is 0.230 e. The Bertz CT molecular complexity index is 754. The first kappa shape index (κ1) is 18.1. The number of aryl methyl sites for hydroxylation is 1. The molecule has 4 rings (SSSR count). The normalized spacial score (nSPS) is 18.4. The Morgan fingerprint density at radius 2 is 1.56 bits per heavy atom. The van der Waals surface area contributed by atoms with Gasteiger partial charge in [-0.15, -0.1) is 0 Å². The summed E-state index contributed by atoms with van der Waals surface area (Å²) in [4.78, 5) is 23.5. The van der Waals surface area contributed by atoms with Crippen molar-refractivity contribution in [1.82, 2.24) is 19.9 Å². The Labute approximate surface area is 160 Å². The van der Waals surface area contributed by atoms with E-state index in [9.17, 15) is 0 Å². The van der Waals surface area contributed by atoms with Crippen LogP contribution in [0.3, 0.4) is 0 Å². The molecular weight excluding hydrogens is 340 g/mol. The van der Waals surface area contributed by atoms with Crippen LogP contribution in [0.15, 0.2) is 18.3 Å². The molecule has 2 saturated heterocycles. The summed E-state index contributed by atoms with van der Waals surface area (Å²) in [6.07, 6.45) is 7.76. The van der Waals surface area contributed by atoms with Crippen LogP contribution in [-0.4, -0.2) is 59.3 Å². The number of hydrogen-bond donors (Lipinski definition) is 0. The topological polar surface area (TPSA) is 67.3 Å². The molecule has 0 unspecified atom stereocenters. The molecule has 0 spiro atoms. The van der Waals surface area contributed by atoms with Gasteiger partial charge in [0.2, 0.25) is 11.9 Å². The Hall–Kier alpha value is -2.28. The molecule has 144 valence electrons. The molecule has 0 aromatic carbocycles. The van der Waals surface area contributed by atoms with E-state index in [1.807, 2.05) is 12.3 Å². The Morgan fingerprint density at radius 3 is 2.22 bits per heavy atom. The number of nitrogens with zero attached hydrogens (tertiary/aromatic N) is 6. The summed E-state index contributed by atoms with van der Waals surface area (Å²) >= 11 is 0. The molecule has 0 atom stereocenters. The van der Waals surface area contributed by atoms with E-state index in [1.54, 1.807) is 0 Å². The number of aromatic nitrogens is 4. The lowest BCUT2D eigenvalue weighted by Gasteiger charge is -2.28. The first-order chi connectivity index (χ1) is 13.3. The highest BCUT2D eigenvalue weighted by atomic mass is 16.5. The summed E-state index contributed by atoms with van der Waals surface area (Å²) in [5, 5.41) is 0. The summed E-state index contributed by atoms with van der Waals surface area (Å²) < 4.78 is 5.49. The summed E-state index contributed by atoms with van der Waals surface area (Å²) in [6, 6.07) is 4.13. The van der Waals surface area contributed by atoms with Gasteiger partial charge in [-0.2, -0.15) is 15.0 Å². The van der Waals surface area contributed by atoms with Crippen molar-refractivity contribution in [2.24, 2.45) is 0 Å². The molecule has 0 N–H and O–H groups in total. The zero-order valence-corrected chi connectivity index (χ0v) is 16.1. The number of morpholine rings is 1. The van der Waals surface area contributed by atoms with E-state index in [0.717, 1.165) is 50.2 Å². The van der Waals surface area contributed by atoms with Crippen molar-refractivity contribution in [3.63, 3.8) is 0 Å². The molecule has 2 aromatic heterocycles. The SMILES string of the molecule is CCc1ccnc(-c2nc(N3CCCCCC3)nc(N3CCOCC3)n2)c1. The van der Waals surface area contributed by atoms with Crippen molar-refractivity contribution in [2.45, 2.75) is 39.0 Å². The fourth-order valence-electron chi connectivity index (χ4n) is 3.60. The molecule has 2 aliphatic rings. The zero-order chi connectivity index (χ0) is 18.5. The molecule has 2 aromatic rings. The highest BCUT2D eigenvalue weighted by molar-refractivity contribution is 5.55. The van der Waals surface area contributed by atoms with Gasteiger partial charge in [0.15, 0.2) is 5.82 Å². The van der Waals surface area contributed by atoms with Crippen LogP contribution in [0.4, 0.5) is 11.9 Å². The summed E-state index contributed by atoms with van der Waals surface area (Å²) in [5.41, 5.74) is 2.06. The molecule has 0 saturated carbocycles. The van der Waals surface area contributed by atoms with Gasteiger partial charge in [0.1, 0.15) is 5.69 Å². The monoisotopic (exact) mass is 368 g/mol. The molecule has 0 aliphatic carbocycles. The number of rotatable bonds is 4. The van der Waals surface area contributed by atoms with Crippen LogP contribution in [0.25, 0.3) is 11.5 Å². The maximum atomic E-state index is 5.49. The maximum Gasteiger partial charge on any atom is 0.230 e. The average Bonchev–Trinajstić information content (AvgIpc) is 3.04. The third-order valence-electron chi connectivity index (χ3n) is 5.26. The van der Waals surface area contributed by atoms with Gasteiger partial charge < -0.3 is 14.5 Å². The third-order valence-corrected chi connectivity index (χ3v) is 5.26. The van der Waals surface area contributed by atoms with Gasteiger partial charge in [-0.25, -0.2) is 0 Å². The van der Waals surface area contributed by atoms with Crippen molar-refractivity contribution < 1.29 is 4.74 Å². The lowest BCUT2D eigenvalue weighted by Crippen LogP contribution is -2.38. The van der Waals surface area contributed by atoms with Crippen molar-refractivity contribution in [3.8, 4) is 11.5 Å². The maximum absolute atomic E-state index is 5.49. The van der Waals surface area contributed by atoms with Crippen molar-refractivity contribution in [2.75, 3.05) is 49.2 Å². The van der Waals surface area contributed by atoms with E-state index in [1.165, 1.54) is 31.2 Å². The fraction of sp³-hybridized carbons (Fsp3) is 0.600. The Balaban J connectivity index is 1.73. The zero-order valence-electron chi connectivity index (χ0n) is 16.1. The van der Waals surface area contributed by atoms with Crippen molar-refractivity contribution in [1.29, 1.82) is 0 Å². The van der Waals surface area contributed by atoms with E-state index in [2.05, 4.69) is 27.8 Å². The summed E-state index contributed by atoms with van der Waals surface area (Å²) in [6.45, 7) is 7.21. The van der Waals surface area contributed by atoms with E-state index in [-0.39, 0.29) is 0 Å². The molecule has 0 bridgehead atoms. The lowest BCUT2D eigenvalue weighted by molar-refractivity contribution is 0.122. The molecule has 0 amide bonds. The average molecular weight is 368 g/mol. The largest absolute Gasteiger partial charge is 0.378 e. The molecule has 4 heterocycles. The minimum atomic E-state index is 0.668. The van der Waals surface area contributed by atoms with E-state index in [0.29, 0.717) is 19.0 Å². The lowest BCUT2D eigenvalue weighted by atomic mass is 10.2. The molecule has 27 heavy (non-hydrogen) atoms. The van der Waals surface area contributed by atoms with Crippen molar-refractivity contribution in [3.05, 3.63) is 23.9 Å². The van der Waals surface area contributed by atoms with E-state index < -0.39 is 0 Å². The molecule has 7 nitrogen and oxygen atoms in total. The van der Waals surface area contributed by atoms with Gasteiger partial charge in [-0.1, -0.05) is 19.8 Å². The first-order valence-electron chi connectivity index (χ1n) is 10.1. The number of anilines is 2. The van der Waals surface area contributed by atoms with Crippen molar-refractivity contribution >= 4 is 11.9 Å². The standard InChI is InChI=1S/C20H28N6O/c1-2-16-7-8-21-17(15-16)18-22-19(25-9-5-3-4-6-10-25)24-20(23-18)26-11-13-27-14-12-26/h7-8,15H,2-6,9-14H2,1H3. The molecule has 2 fully saturated rings. The highest BCUT2D eigenvalue weighted by Gasteiger charge is 2.21. The van der Waals surface area contributed by atoms with Crippen LogP contribution >= 0.6 is 0 Å². The highest BCUT2D eigenvalue weighted by Crippen LogP contribution is 2.23. The second kappa shape index (κ2) is 8.61. The number of hydrogen-bond acceptors (Lipinski definition) is 7. The van der Waals surface area contributed by atoms with Gasteiger partial charge >= 0.3 is 0 Å². The van der Waals surface area contributed by atoms with Gasteiger partial charge in [-0.3, -0.25) is 4.98 Å². The molecule has 0 radical (unpaired) electrons. The van der Waals surface area contributed by atoms with Crippen LogP contribution in [0, 0.1) is 0 Å². The van der Waals surface area contributed by atoms with Crippen LogP contribution in [0.2, 0.25) is 0 Å². The Morgan fingerprint density at radius 1 is 0.889 bits per heavy atom. The summed E-state index contributed by atoms with van der Waals surface area (Å²) in [7, 11) is 0. The van der Waals surface area contributed by atoms with Gasteiger partial charge in [0, 0.05) is 32.4 Å². The molecular formula is C20H28N6O. The minimum absolute atomic E-state index is 0.668. The summed E-state index contributed by atoms with van der Waals surface area (Å²) in [5.74, 6) is 2.19. The first-order valence-corrected chi connectivity index (χ1v) is 10.1. The van der Waals surface area contributed by atoms with Crippen LogP contribution < -0.4 is 9.80 Å². The predicted octanol–water partition coefficient (Wildman–Crippen LogP) is 2.71. The second-order valence-corrected chi connectivity index (χ2v) is 7.16. The quantitative estimate of drug-likeness (QED) is 0.822. The predicted molar refractivity (Wildman–Crippen MR) is 106 cm³/mol. The Kier molecular flexibility index (Phi) is 5.77. The van der Waals surface area contributed by atoms with Crippen LogP contribution in [-0.2, 0) is 11.2 Å². The fourth-order valence-corrected chi connectivity index (χ4v) is 3.60. The second-order valence-electron chi connectivity index (χ2n) is 7.16. The van der Waals surface area contributed by atoms with Gasteiger partial charge in [-0.05, 0) is 37.0 Å². The van der Waals surface area contributed by atoms with Gasteiger partial charge in [0.25, 0.3) is 0 Å². The number of ether oxygens (including phenoxy) is 1. The van der Waals surface area contributed by atoms with E-state index in [4.69, 9.17) is 19.7 Å².